The van der Waals surface area contributed by atoms with E-state index in [-0.39, 0.29) is 19.1 Å². The van der Waals surface area contributed by atoms with E-state index in [4.69, 9.17) is 9.47 Å². The van der Waals surface area contributed by atoms with Crippen LogP contribution in [-0.2, 0) is 13.0 Å². The molecule has 0 saturated carbocycles. The second-order valence-corrected chi connectivity index (χ2v) is 8.07. The lowest BCUT2D eigenvalue weighted by atomic mass is 9.85. The highest BCUT2D eigenvalue weighted by Gasteiger charge is 2.34. The Bertz CT molecular complexity index is 825. The van der Waals surface area contributed by atoms with Crippen LogP contribution in [0.15, 0.2) is 42.5 Å². The lowest BCUT2D eigenvalue weighted by Crippen LogP contribution is -2.34. The molecule has 2 aromatic rings. The Balaban J connectivity index is 0.00000240. The number of methoxy groups -OCH3 is 2. The average Bonchev–Trinajstić information content (AvgIpc) is 3.03. The minimum Gasteiger partial charge on any atom is -0.493 e. The molecular formula is C25H33NO3. The number of carbonyl (C=O) groups is 1. The fraction of sp³-hybridized carbons (Fsp3) is 0.480. The van der Waals surface area contributed by atoms with Gasteiger partial charge >= 0.3 is 0 Å². The topological polar surface area (TPSA) is 38.8 Å². The Morgan fingerprint density at radius 2 is 1.66 bits per heavy atom. The smallest absolute Gasteiger partial charge is 0.166 e. The normalized spacial score (nSPS) is 19.5. The molecule has 0 aromatic heterocycles. The van der Waals surface area contributed by atoms with Crippen LogP contribution in [0.1, 0.15) is 48.2 Å². The molecule has 0 unspecified atom stereocenters. The maximum atomic E-state index is 12.9. The van der Waals surface area contributed by atoms with Gasteiger partial charge in [-0.1, -0.05) is 37.8 Å². The van der Waals surface area contributed by atoms with Gasteiger partial charge in [-0.05, 0) is 68.0 Å². The van der Waals surface area contributed by atoms with Gasteiger partial charge in [0.25, 0.3) is 0 Å². The van der Waals surface area contributed by atoms with Crippen molar-refractivity contribution in [2.24, 2.45) is 11.8 Å². The van der Waals surface area contributed by atoms with Gasteiger partial charge in [-0.3, -0.25) is 9.69 Å². The summed E-state index contributed by atoms with van der Waals surface area (Å²) >= 11 is 0. The first-order chi connectivity index (χ1) is 13.7. The molecule has 1 saturated heterocycles. The quantitative estimate of drug-likeness (QED) is 0.690. The van der Waals surface area contributed by atoms with Crippen LogP contribution in [0, 0.1) is 11.8 Å². The summed E-state index contributed by atoms with van der Waals surface area (Å²) in [6, 6.07) is 14.5. The summed E-state index contributed by atoms with van der Waals surface area (Å²) in [5.74, 6) is 2.38. The van der Waals surface area contributed by atoms with Gasteiger partial charge in [0.2, 0.25) is 0 Å². The molecule has 0 radical (unpaired) electrons. The zero-order valence-corrected chi connectivity index (χ0v) is 16.8. The van der Waals surface area contributed by atoms with Crippen LogP contribution in [0.2, 0.25) is 0 Å². The van der Waals surface area contributed by atoms with Crippen molar-refractivity contribution in [3.05, 3.63) is 59.2 Å². The Hall–Kier alpha value is -2.33. The van der Waals surface area contributed by atoms with E-state index in [1.165, 1.54) is 18.4 Å². The molecule has 4 nitrogen and oxygen atoms in total. The van der Waals surface area contributed by atoms with Crippen LogP contribution in [0.25, 0.3) is 0 Å². The first-order valence-corrected chi connectivity index (χ1v) is 10.2. The maximum absolute atomic E-state index is 12.9. The number of Topliss-reactive ketones (excluding diaryl/α,β-unsaturated/α-hetero) is 1. The number of piperidine rings is 1. The number of fused-ring (bicyclic) bond motifs is 1. The molecule has 4 heteroatoms. The van der Waals surface area contributed by atoms with E-state index in [1.807, 2.05) is 12.1 Å². The zero-order chi connectivity index (χ0) is 19.5. The molecule has 0 bridgehead atoms. The van der Waals surface area contributed by atoms with Crippen molar-refractivity contribution in [3.63, 3.8) is 0 Å². The van der Waals surface area contributed by atoms with E-state index in [2.05, 4.69) is 35.2 Å². The van der Waals surface area contributed by atoms with Crippen molar-refractivity contribution in [3.8, 4) is 11.5 Å². The number of benzene rings is 2. The molecule has 156 valence electrons. The molecule has 1 aliphatic carbocycles. The Labute approximate surface area is 174 Å². The summed E-state index contributed by atoms with van der Waals surface area (Å²) in [6.45, 7) is 3.27. The predicted molar refractivity (Wildman–Crippen MR) is 117 cm³/mol. The molecule has 0 amide bonds. The first-order valence-electron chi connectivity index (χ1n) is 10.2. The molecule has 4 rings (SSSR count). The average molecular weight is 396 g/mol. The van der Waals surface area contributed by atoms with Gasteiger partial charge in [-0.25, -0.2) is 0 Å². The van der Waals surface area contributed by atoms with E-state index >= 15 is 0 Å². The number of carbonyl (C=O) groups excluding carboxylic acids is 1. The summed E-state index contributed by atoms with van der Waals surface area (Å²) in [5, 5.41) is 0. The molecular weight excluding hydrogens is 362 g/mol. The van der Waals surface area contributed by atoms with Gasteiger partial charge in [0.1, 0.15) is 0 Å². The molecule has 0 N–H and O–H groups in total. The number of rotatable bonds is 6. The van der Waals surface area contributed by atoms with Crippen LogP contribution < -0.4 is 9.47 Å². The number of hydrogen-bond acceptors (Lipinski definition) is 4. The highest BCUT2D eigenvalue weighted by Crippen LogP contribution is 2.39. The molecule has 29 heavy (non-hydrogen) atoms. The number of likely N-dealkylation sites (tertiary alicyclic amines) is 1. The largest absolute Gasteiger partial charge is 0.493 e. The summed E-state index contributed by atoms with van der Waals surface area (Å²) in [6.07, 6.45) is 4.19. The molecule has 1 heterocycles. The van der Waals surface area contributed by atoms with Crippen LogP contribution in [0.5, 0.6) is 11.5 Å². The summed E-state index contributed by atoms with van der Waals surface area (Å²) in [7, 11) is 3.26. The SMILES string of the molecule is C.COc1cc2c(cc1OC)C(=O)[C@@H](CC1CCN(Cc3ccccc3)CC1)C2. The molecule has 2 aromatic carbocycles. The van der Waals surface area contributed by atoms with E-state index in [1.54, 1.807) is 14.2 Å². The number of ether oxygens (including phenoxy) is 2. The van der Waals surface area contributed by atoms with Crippen LogP contribution in [0.4, 0.5) is 0 Å². The standard InChI is InChI=1S/C24H29NO3.CH4/c1-27-22-14-19-13-20(24(26)21(19)15-23(22)28-2)12-17-8-10-25(11-9-17)16-18-6-4-3-5-7-18;/h3-7,14-15,17,20H,8-13,16H2,1-2H3;1H4/t20-;/m0./s1. The molecule has 1 fully saturated rings. The second-order valence-electron chi connectivity index (χ2n) is 8.07. The highest BCUT2D eigenvalue weighted by atomic mass is 16.5. The molecule has 1 atom stereocenters. The van der Waals surface area contributed by atoms with E-state index in [0.29, 0.717) is 17.4 Å². The second kappa shape index (κ2) is 9.45. The minimum absolute atomic E-state index is 0. The number of ketones is 1. The highest BCUT2D eigenvalue weighted by molar-refractivity contribution is 6.02. The van der Waals surface area contributed by atoms with Gasteiger partial charge < -0.3 is 9.47 Å². The van der Waals surface area contributed by atoms with Crippen LogP contribution in [-0.4, -0.2) is 38.0 Å². The monoisotopic (exact) mass is 395 g/mol. The van der Waals surface area contributed by atoms with E-state index in [0.717, 1.165) is 43.6 Å². The van der Waals surface area contributed by atoms with Crippen molar-refractivity contribution in [1.29, 1.82) is 0 Å². The lowest BCUT2D eigenvalue weighted by molar-refractivity contribution is 0.0895. The lowest BCUT2D eigenvalue weighted by Gasteiger charge is -2.32. The number of hydrogen-bond donors (Lipinski definition) is 0. The summed E-state index contributed by atoms with van der Waals surface area (Å²) in [4.78, 5) is 15.5. The fourth-order valence-electron chi connectivity index (χ4n) is 4.71. The van der Waals surface area contributed by atoms with Crippen molar-refractivity contribution in [2.45, 2.75) is 39.7 Å². The maximum Gasteiger partial charge on any atom is 0.166 e. The summed E-state index contributed by atoms with van der Waals surface area (Å²) in [5.41, 5.74) is 3.31. The third-order valence-electron chi connectivity index (χ3n) is 6.29. The van der Waals surface area contributed by atoms with Crippen molar-refractivity contribution in [1.82, 2.24) is 4.90 Å². The van der Waals surface area contributed by atoms with Gasteiger partial charge in [0, 0.05) is 18.0 Å². The van der Waals surface area contributed by atoms with Crippen molar-refractivity contribution >= 4 is 5.78 Å². The van der Waals surface area contributed by atoms with E-state index in [9.17, 15) is 4.79 Å². The molecule has 2 aliphatic rings. The van der Waals surface area contributed by atoms with Gasteiger partial charge in [-0.15, -0.1) is 0 Å². The molecule has 0 spiro atoms. The van der Waals surface area contributed by atoms with Crippen molar-refractivity contribution < 1.29 is 14.3 Å². The number of nitrogens with zero attached hydrogens (tertiary/aromatic N) is 1. The summed E-state index contributed by atoms with van der Waals surface area (Å²) < 4.78 is 10.8. The van der Waals surface area contributed by atoms with Crippen LogP contribution in [0.3, 0.4) is 0 Å². The van der Waals surface area contributed by atoms with Gasteiger partial charge in [0.05, 0.1) is 14.2 Å². The Morgan fingerprint density at radius 3 is 2.31 bits per heavy atom. The predicted octanol–water partition coefficient (Wildman–Crippen LogP) is 5.00. The van der Waals surface area contributed by atoms with Gasteiger partial charge in [0.15, 0.2) is 17.3 Å². The van der Waals surface area contributed by atoms with Gasteiger partial charge in [-0.2, -0.15) is 0 Å². The Morgan fingerprint density at radius 1 is 1.00 bits per heavy atom. The third kappa shape index (κ3) is 4.64. The molecule has 1 aliphatic heterocycles. The van der Waals surface area contributed by atoms with Crippen molar-refractivity contribution in [2.75, 3.05) is 27.3 Å². The zero-order valence-electron chi connectivity index (χ0n) is 16.8. The third-order valence-corrected chi connectivity index (χ3v) is 6.29. The Kier molecular flexibility index (Phi) is 6.96. The van der Waals surface area contributed by atoms with E-state index < -0.39 is 0 Å². The first kappa shape index (κ1) is 21.4. The fourth-order valence-corrected chi connectivity index (χ4v) is 4.71. The van der Waals surface area contributed by atoms with Crippen LogP contribution >= 0.6 is 0 Å². The minimum atomic E-state index is 0.